The number of thiophene rings is 1. The lowest BCUT2D eigenvalue weighted by Gasteiger charge is -1.99. The average molecular weight is 341 g/mol. The Morgan fingerprint density at radius 1 is 1.33 bits per heavy atom. The topological polar surface area (TPSA) is 34.4 Å². The molecule has 2 heterocycles. The molecule has 0 unspecified atom stereocenters. The van der Waals surface area contributed by atoms with Crippen molar-refractivity contribution < 1.29 is 9.18 Å². The minimum atomic E-state index is -0.332. The lowest BCUT2D eigenvalue weighted by atomic mass is 10.3. The average Bonchev–Trinajstić information content (AvgIpc) is 3.01. The van der Waals surface area contributed by atoms with Crippen LogP contribution in [-0.2, 0) is 6.54 Å². The van der Waals surface area contributed by atoms with E-state index in [1.54, 1.807) is 18.2 Å². The van der Waals surface area contributed by atoms with E-state index in [2.05, 4.69) is 4.99 Å². The van der Waals surface area contributed by atoms with Gasteiger partial charge in [0, 0.05) is 6.54 Å². The maximum absolute atomic E-state index is 13.3. The van der Waals surface area contributed by atoms with Crippen LogP contribution in [0, 0.1) is 5.82 Å². The number of carbonyl (C=O) groups is 1. The quantitative estimate of drug-likeness (QED) is 0.684. The summed E-state index contributed by atoms with van der Waals surface area (Å²) >= 11 is 8.32. The molecule has 0 atom stereocenters. The number of thiazole rings is 1. The number of benzene rings is 1. The SMILES string of the molecule is CCn1c(=NC(=O)c2ccc(Cl)s2)sc2cc(F)ccc21. The Balaban J connectivity index is 2.15. The van der Waals surface area contributed by atoms with Crippen molar-refractivity contribution in [1.29, 1.82) is 0 Å². The highest BCUT2D eigenvalue weighted by Gasteiger charge is 2.10. The van der Waals surface area contributed by atoms with Gasteiger partial charge < -0.3 is 4.57 Å². The van der Waals surface area contributed by atoms with Crippen LogP contribution < -0.4 is 4.80 Å². The van der Waals surface area contributed by atoms with Gasteiger partial charge in [-0.2, -0.15) is 4.99 Å². The summed E-state index contributed by atoms with van der Waals surface area (Å²) in [7, 11) is 0. The third-order valence-corrected chi connectivity index (χ3v) is 5.20. The zero-order valence-electron chi connectivity index (χ0n) is 11.0. The van der Waals surface area contributed by atoms with Crippen LogP contribution in [0.15, 0.2) is 35.3 Å². The van der Waals surface area contributed by atoms with Gasteiger partial charge in [-0.15, -0.1) is 11.3 Å². The first-order valence-electron chi connectivity index (χ1n) is 6.22. The summed E-state index contributed by atoms with van der Waals surface area (Å²) in [5, 5.41) is 0. The highest BCUT2D eigenvalue weighted by Crippen LogP contribution is 2.22. The van der Waals surface area contributed by atoms with Gasteiger partial charge in [-0.3, -0.25) is 4.79 Å². The Morgan fingerprint density at radius 3 is 2.81 bits per heavy atom. The number of halogens is 2. The smallest absolute Gasteiger partial charge is 0.289 e. The monoisotopic (exact) mass is 340 g/mol. The summed E-state index contributed by atoms with van der Waals surface area (Å²) in [4.78, 5) is 17.4. The number of fused-ring (bicyclic) bond motifs is 1. The predicted molar refractivity (Wildman–Crippen MR) is 84.7 cm³/mol. The second-order valence-electron chi connectivity index (χ2n) is 4.26. The van der Waals surface area contributed by atoms with E-state index in [1.807, 2.05) is 11.5 Å². The van der Waals surface area contributed by atoms with Crippen molar-refractivity contribution in [2.45, 2.75) is 13.5 Å². The fourth-order valence-electron chi connectivity index (χ4n) is 2.01. The molecule has 0 bridgehead atoms. The number of rotatable bonds is 2. The molecule has 7 heteroatoms. The van der Waals surface area contributed by atoms with Crippen molar-refractivity contribution >= 4 is 50.4 Å². The van der Waals surface area contributed by atoms with E-state index in [-0.39, 0.29) is 11.7 Å². The van der Waals surface area contributed by atoms with Crippen LogP contribution in [0.2, 0.25) is 4.34 Å². The van der Waals surface area contributed by atoms with Crippen molar-refractivity contribution in [1.82, 2.24) is 4.57 Å². The second kappa shape index (κ2) is 5.71. The van der Waals surface area contributed by atoms with Gasteiger partial charge in [-0.05, 0) is 37.3 Å². The molecule has 0 saturated heterocycles. The van der Waals surface area contributed by atoms with Crippen LogP contribution in [0.3, 0.4) is 0 Å². The first kappa shape index (κ1) is 14.4. The Labute approximate surface area is 133 Å². The maximum atomic E-state index is 13.3. The van der Waals surface area contributed by atoms with E-state index < -0.39 is 0 Å². The van der Waals surface area contributed by atoms with Crippen LogP contribution in [0.5, 0.6) is 0 Å². The molecular weight excluding hydrogens is 331 g/mol. The number of hydrogen-bond donors (Lipinski definition) is 0. The molecule has 3 rings (SSSR count). The van der Waals surface area contributed by atoms with E-state index >= 15 is 0 Å². The standard InChI is InChI=1S/C14H10ClFN2OS2/c1-2-18-9-4-3-8(16)7-11(9)21-14(18)17-13(19)10-5-6-12(15)20-10/h3-7H,2H2,1H3. The molecule has 0 aliphatic carbocycles. The molecule has 0 fully saturated rings. The van der Waals surface area contributed by atoms with Crippen LogP contribution in [-0.4, -0.2) is 10.5 Å². The molecule has 0 saturated carbocycles. The molecule has 1 amide bonds. The van der Waals surface area contributed by atoms with Crippen LogP contribution in [0.4, 0.5) is 4.39 Å². The molecule has 3 aromatic rings. The van der Waals surface area contributed by atoms with Gasteiger partial charge in [0.1, 0.15) is 5.82 Å². The largest absolute Gasteiger partial charge is 0.317 e. The molecule has 0 aliphatic heterocycles. The Bertz CT molecular complexity index is 894. The molecular formula is C14H10ClFN2OS2. The van der Waals surface area contributed by atoms with E-state index in [4.69, 9.17) is 11.6 Å². The van der Waals surface area contributed by atoms with Gasteiger partial charge in [0.25, 0.3) is 5.91 Å². The number of aromatic nitrogens is 1. The summed E-state index contributed by atoms with van der Waals surface area (Å²) in [6.45, 7) is 2.62. The predicted octanol–water partition coefficient (Wildman–Crippen LogP) is 4.32. The van der Waals surface area contributed by atoms with Crippen molar-refractivity contribution in [3.8, 4) is 0 Å². The molecule has 1 aromatic carbocycles. The van der Waals surface area contributed by atoms with Crippen LogP contribution in [0.25, 0.3) is 10.2 Å². The number of aryl methyl sites for hydroxylation is 1. The fourth-order valence-corrected chi connectivity index (χ4v) is 4.05. The Hall–Kier alpha value is -1.50. The summed E-state index contributed by atoms with van der Waals surface area (Å²) in [6.07, 6.45) is 0. The van der Waals surface area contributed by atoms with Gasteiger partial charge in [0.05, 0.1) is 19.4 Å². The van der Waals surface area contributed by atoms with Crippen molar-refractivity contribution in [2.75, 3.05) is 0 Å². The third kappa shape index (κ3) is 2.79. The minimum Gasteiger partial charge on any atom is -0.317 e. The number of nitrogens with zero attached hydrogens (tertiary/aromatic N) is 2. The van der Waals surface area contributed by atoms with Crippen LogP contribution in [0.1, 0.15) is 16.6 Å². The van der Waals surface area contributed by atoms with Gasteiger partial charge in [-0.25, -0.2) is 4.39 Å². The van der Waals surface area contributed by atoms with E-state index in [9.17, 15) is 9.18 Å². The third-order valence-electron chi connectivity index (χ3n) is 2.94. The molecule has 0 aliphatic rings. The number of amides is 1. The zero-order chi connectivity index (χ0) is 15.0. The van der Waals surface area contributed by atoms with Crippen molar-refractivity contribution in [2.24, 2.45) is 4.99 Å². The highest BCUT2D eigenvalue weighted by molar-refractivity contribution is 7.18. The minimum absolute atomic E-state index is 0.296. The first-order chi connectivity index (χ1) is 10.1. The van der Waals surface area contributed by atoms with Crippen molar-refractivity contribution in [3.63, 3.8) is 0 Å². The Morgan fingerprint density at radius 2 is 2.14 bits per heavy atom. The zero-order valence-corrected chi connectivity index (χ0v) is 13.4. The molecule has 0 radical (unpaired) electrons. The Kier molecular flexibility index (Phi) is 3.93. The summed E-state index contributed by atoms with van der Waals surface area (Å²) in [5.41, 5.74) is 0.875. The summed E-state index contributed by atoms with van der Waals surface area (Å²) < 4.78 is 16.5. The molecule has 0 spiro atoms. The normalized spacial score (nSPS) is 12.2. The molecule has 21 heavy (non-hydrogen) atoms. The van der Waals surface area contributed by atoms with Gasteiger partial charge >= 0.3 is 0 Å². The maximum Gasteiger partial charge on any atom is 0.289 e. The lowest BCUT2D eigenvalue weighted by molar-refractivity contribution is 0.100. The lowest BCUT2D eigenvalue weighted by Crippen LogP contribution is -2.15. The first-order valence-corrected chi connectivity index (χ1v) is 8.23. The van der Waals surface area contributed by atoms with Crippen LogP contribution >= 0.6 is 34.3 Å². The summed E-state index contributed by atoms with van der Waals surface area (Å²) in [6, 6.07) is 7.89. The molecule has 2 aromatic heterocycles. The number of hydrogen-bond acceptors (Lipinski definition) is 3. The summed E-state index contributed by atoms with van der Waals surface area (Å²) in [5.74, 6) is -0.629. The fraction of sp³-hybridized carbons (Fsp3) is 0.143. The van der Waals surface area contributed by atoms with Gasteiger partial charge in [-0.1, -0.05) is 22.9 Å². The highest BCUT2D eigenvalue weighted by atomic mass is 35.5. The van der Waals surface area contributed by atoms with E-state index in [1.165, 1.54) is 34.8 Å². The molecule has 108 valence electrons. The number of carbonyl (C=O) groups excluding carboxylic acids is 1. The molecule has 0 N–H and O–H groups in total. The van der Waals surface area contributed by atoms with Crippen molar-refractivity contribution in [3.05, 3.63) is 50.2 Å². The van der Waals surface area contributed by atoms with E-state index in [0.717, 1.165) is 10.2 Å². The van der Waals surface area contributed by atoms with E-state index in [0.29, 0.717) is 20.6 Å². The van der Waals surface area contributed by atoms with Gasteiger partial charge in [0.2, 0.25) is 0 Å². The second-order valence-corrected chi connectivity index (χ2v) is 6.99. The van der Waals surface area contributed by atoms with Gasteiger partial charge in [0.15, 0.2) is 4.80 Å². The molecule has 3 nitrogen and oxygen atoms in total.